The Kier molecular flexibility index (Phi) is 3.28. The summed E-state index contributed by atoms with van der Waals surface area (Å²) >= 11 is 0. The molecule has 3 heteroatoms. The summed E-state index contributed by atoms with van der Waals surface area (Å²) in [5.41, 5.74) is 6.18. The van der Waals surface area contributed by atoms with Crippen molar-refractivity contribution >= 4 is 0 Å². The number of nitrogens with zero attached hydrogens (tertiary/aromatic N) is 2. The molecule has 1 aromatic heterocycles. The molecule has 0 fully saturated rings. The molecule has 0 aliphatic carbocycles. The molecule has 0 spiro atoms. The lowest BCUT2D eigenvalue weighted by molar-refractivity contribution is 0.227. The molecule has 106 valence electrons. The van der Waals surface area contributed by atoms with Crippen molar-refractivity contribution < 1.29 is 4.74 Å². The Morgan fingerprint density at radius 3 is 2.55 bits per heavy atom. The average molecular weight is 270 g/mol. The monoisotopic (exact) mass is 270 g/mol. The van der Waals surface area contributed by atoms with Gasteiger partial charge in [-0.15, -0.1) is 0 Å². The number of ether oxygens (including phenoxy) is 1. The van der Waals surface area contributed by atoms with Gasteiger partial charge in [0.05, 0.1) is 6.61 Å². The number of hydrogen-bond donors (Lipinski definition) is 0. The molecule has 1 aliphatic heterocycles. The van der Waals surface area contributed by atoms with Crippen LogP contribution in [0.4, 0.5) is 0 Å². The standard InChI is InChI=1S/C17H22N2O/c1-11(2)14-16(15-12(3)7-5-8-13(15)4)18-19-9-6-10-20-17(14)19/h5,7-8,11H,6,9-10H2,1-4H3. The molecule has 1 aromatic carbocycles. The van der Waals surface area contributed by atoms with Gasteiger partial charge in [-0.05, 0) is 30.9 Å². The molecule has 0 bridgehead atoms. The van der Waals surface area contributed by atoms with Gasteiger partial charge in [-0.25, -0.2) is 4.68 Å². The second-order valence-electron chi connectivity index (χ2n) is 5.91. The quantitative estimate of drug-likeness (QED) is 0.822. The van der Waals surface area contributed by atoms with Crippen molar-refractivity contribution in [3.05, 3.63) is 34.9 Å². The van der Waals surface area contributed by atoms with Gasteiger partial charge in [-0.2, -0.15) is 5.10 Å². The van der Waals surface area contributed by atoms with E-state index in [0.717, 1.165) is 31.1 Å². The van der Waals surface area contributed by atoms with Crippen LogP contribution in [0.3, 0.4) is 0 Å². The molecule has 0 saturated heterocycles. The molecule has 0 atom stereocenters. The summed E-state index contributed by atoms with van der Waals surface area (Å²) in [5, 5.41) is 4.86. The summed E-state index contributed by atoms with van der Waals surface area (Å²) < 4.78 is 7.94. The zero-order valence-electron chi connectivity index (χ0n) is 12.7. The van der Waals surface area contributed by atoms with Crippen LogP contribution in [-0.4, -0.2) is 16.4 Å². The fraction of sp³-hybridized carbons (Fsp3) is 0.471. The highest BCUT2D eigenvalue weighted by molar-refractivity contribution is 5.72. The number of fused-ring (bicyclic) bond motifs is 1. The molecule has 2 aromatic rings. The molecule has 20 heavy (non-hydrogen) atoms. The van der Waals surface area contributed by atoms with E-state index in [9.17, 15) is 0 Å². The van der Waals surface area contributed by atoms with Crippen LogP contribution < -0.4 is 4.74 Å². The molecule has 0 saturated carbocycles. The third kappa shape index (κ3) is 2.01. The molecular weight excluding hydrogens is 248 g/mol. The van der Waals surface area contributed by atoms with Gasteiger partial charge in [-0.1, -0.05) is 32.0 Å². The third-order valence-electron chi connectivity index (χ3n) is 3.99. The Morgan fingerprint density at radius 1 is 1.20 bits per heavy atom. The van der Waals surface area contributed by atoms with Gasteiger partial charge in [0.15, 0.2) is 0 Å². The van der Waals surface area contributed by atoms with Crippen molar-refractivity contribution in [2.45, 2.75) is 46.6 Å². The van der Waals surface area contributed by atoms with Gasteiger partial charge in [0.1, 0.15) is 5.69 Å². The van der Waals surface area contributed by atoms with Crippen LogP contribution in [0.5, 0.6) is 5.88 Å². The van der Waals surface area contributed by atoms with E-state index in [2.05, 4.69) is 45.9 Å². The number of hydrogen-bond acceptors (Lipinski definition) is 2. The molecule has 0 amide bonds. The number of aryl methyl sites for hydroxylation is 3. The number of aromatic nitrogens is 2. The first-order chi connectivity index (χ1) is 9.59. The largest absolute Gasteiger partial charge is 0.478 e. The maximum Gasteiger partial charge on any atom is 0.215 e. The van der Waals surface area contributed by atoms with E-state index in [1.165, 1.54) is 22.3 Å². The van der Waals surface area contributed by atoms with Crippen molar-refractivity contribution in [1.82, 2.24) is 9.78 Å². The number of benzene rings is 1. The van der Waals surface area contributed by atoms with Gasteiger partial charge < -0.3 is 4.74 Å². The minimum absolute atomic E-state index is 0.408. The summed E-state index contributed by atoms with van der Waals surface area (Å²) in [6.07, 6.45) is 1.04. The topological polar surface area (TPSA) is 27.1 Å². The maximum absolute atomic E-state index is 5.90. The second kappa shape index (κ2) is 4.97. The Balaban J connectivity index is 2.26. The van der Waals surface area contributed by atoms with Crippen LogP contribution in [0.2, 0.25) is 0 Å². The Labute approximate surface area is 120 Å². The molecule has 0 radical (unpaired) electrons. The van der Waals surface area contributed by atoms with E-state index in [1.54, 1.807) is 0 Å². The molecule has 3 nitrogen and oxygen atoms in total. The average Bonchev–Trinajstić information content (AvgIpc) is 2.77. The van der Waals surface area contributed by atoms with E-state index >= 15 is 0 Å². The zero-order chi connectivity index (χ0) is 14.3. The smallest absolute Gasteiger partial charge is 0.215 e. The summed E-state index contributed by atoms with van der Waals surface area (Å²) in [5.74, 6) is 1.38. The fourth-order valence-electron chi connectivity index (χ4n) is 3.04. The lowest BCUT2D eigenvalue weighted by Crippen LogP contribution is -2.15. The van der Waals surface area contributed by atoms with Crippen molar-refractivity contribution in [3.8, 4) is 17.1 Å². The first-order valence-electron chi connectivity index (χ1n) is 7.39. The molecule has 0 unspecified atom stereocenters. The Hall–Kier alpha value is -1.77. The SMILES string of the molecule is Cc1cccc(C)c1-c1nn2c(c1C(C)C)OCCC2. The van der Waals surface area contributed by atoms with Crippen LogP contribution in [0.25, 0.3) is 11.3 Å². The van der Waals surface area contributed by atoms with E-state index in [4.69, 9.17) is 9.84 Å². The zero-order valence-corrected chi connectivity index (χ0v) is 12.7. The van der Waals surface area contributed by atoms with E-state index in [-0.39, 0.29) is 0 Å². The minimum atomic E-state index is 0.408. The van der Waals surface area contributed by atoms with Gasteiger partial charge in [-0.3, -0.25) is 0 Å². The fourth-order valence-corrected chi connectivity index (χ4v) is 3.04. The van der Waals surface area contributed by atoms with Gasteiger partial charge in [0.25, 0.3) is 0 Å². The lowest BCUT2D eigenvalue weighted by Gasteiger charge is -2.17. The minimum Gasteiger partial charge on any atom is -0.478 e. The van der Waals surface area contributed by atoms with Gasteiger partial charge in [0, 0.05) is 24.1 Å². The predicted molar refractivity (Wildman–Crippen MR) is 81.3 cm³/mol. The second-order valence-corrected chi connectivity index (χ2v) is 5.91. The summed E-state index contributed by atoms with van der Waals surface area (Å²) in [6, 6.07) is 6.42. The van der Waals surface area contributed by atoms with Gasteiger partial charge >= 0.3 is 0 Å². The molecule has 2 heterocycles. The first kappa shape index (κ1) is 13.2. The van der Waals surface area contributed by atoms with Crippen molar-refractivity contribution in [3.63, 3.8) is 0 Å². The maximum atomic E-state index is 5.90. The van der Waals surface area contributed by atoms with E-state index in [1.807, 2.05) is 4.68 Å². The van der Waals surface area contributed by atoms with Gasteiger partial charge in [0.2, 0.25) is 5.88 Å². The van der Waals surface area contributed by atoms with Crippen LogP contribution in [-0.2, 0) is 6.54 Å². The first-order valence-corrected chi connectivity index (χ1v) is 7.39. The lowest BCUT2D eigenvalue weighted by atomic mass is 9.93. The highest BCUT2D eigenvalue weighted by Gasteiger charge is 2.26. The van der Waals surface area contributed by atoms with Crippen LogP contribution in [0.15, 0.2) is 18.2 Å². The molecule has 0 N–H and O–H groups in total. The predicted octanol–water partition coefficient (Wildman–Crippen LogP) is 4.07. The third-order valence-corrected chi connectivity index (χ3v) is 3.99. The Bertz CT molecular complexity index is 620. The molecule has 3 rings (SSSR count). The van der Waals surface area contributed by atoms with Crippen LogP contribution in [0.1, 0.15) is 42.9 Å². The van der Waals surface area contributed by atoms with Crippen LogP contribution in [0, 0.1) is 13.8 Å². The van der Waals surface area contributed by atoms with Crippen molar-refractivity contribution in [2.24, 2.45) is 0 Å². The van der Waals surface area contributed by atoms with Crippen LogP contribution >= 0.6 is 0 Å². The highest BCUT2D eigenvalue weighted by Crippen LogP contribution is 2.39. The summed E-state index contributed by atoms with van der Waals surface area (Å²) in [4.78, 5) is 0. The number of rotatable bonds is 2. The molecular formula is C17H22N2O. The summed E-state index contributed by atoms with van der Waals surface area (Å²) in [7, 11) is 0. The Morgan fingerprint density at radius 2 is 1.90 bits per heavy atom. The van der Waals surface area contributed by atoms with E-state index < -0.39 is 0 Å². The molecule has 1 aliphatic rings. The van der Waals surface area contributed by atoms with Crippen molar-refractivity contribution in [2.75, 3.05) is 6.61 Å². The highest BCUT2D eigenvalue weighted by atomic mass is 16.5. The summed E-state index contributed by atoms with van der Waals surface area (Å²) in [6.45, 7) is 10.5. The van der Waals surface area contributed by atoms with E-state index in [0.29, 0.717) is 5.92 Å². The van der Waals surface area contributed by atoms with Crippen molar-refractivity contribution in [1.29, 1.82) is 0 Å². The normalized spacial score (nSPS) is 14.2.